The van der Waals surface area contributed by atoms with Crippen LogP contribution in [-0.4, -0.2) is 18.0 Å². The molecule has 0 bridgehead atoms. The zero-order valence-corrected chi connectivity index (χ0v) is 16.1. The molecule has 6 aliphatic rings. The first-order valence-electron chi connectivity index (χ1n) is 11.1. The van der Waals surface area contributed by atoms with E-state index in [-0.39, 0.29) is 5.60 Å². The van der Waals surface area contributed by atoms with Gasteiger partial charge in [0.15, 0.2) is 5.78 Å². The van der Waals surface area contributed by atoms with Gasteiger partial charge in [-0.05, 0) is 92.4 Å². The molecule has 1 saturated heterocycles. The van der Waals surface area contributed by atoms with E-state index < -0.39 is 0 Å². The second-order valence-electron chi connectivity index (χ2n) is 10.5. The van der Waals surface area contributed by atoms with Crippen LogP contribution in [0.15, 0.2) is 24.3 Å². The van der Waals surface area contributed by atoms with Gasteiger partial charge >= 0.3 is 0 Å². The molecule has 6 rings (SSSR count). The average Bonchev–Trinajstić information content (AvgIpc) is 3.20. The summed E-state index contributed by atoms with van der Waals surface area (Å²) in [5, 5.41) is 0. The van der Waals surface area contributed by atoms with E-state index in [0.717, 1.165) is 55.5 Å². The van der Waals surface area contributed by atoms with Crippen LogP contribution < -0.4 is 0 Å². The molecule has 0 aromatic heterocycles. The number of hydrogen-bond acceptors (Lipinski definition) is 2. The quantitative estimate of drug-likeness (QED) is 0.625. The van der Waals surface area contributed by atoms with Crippen molar-refractivity contribution in [3.8, 4) is 0 Å². The number of hydrogen-bond donors (Lipinski definition) is 0. The van der Waals surface area contributed by atoms with Gasteiger partial charge in [0.1, 0.15) is 0 Å². The van der Waals surface area contributed by atoms with Crippen LogP contribution >= 0.6 is 0 Å². The summed E-state index contributed by atoms with van der Waals surface area (Å²) in [4.78, 5) is 12.0. The number of allylic oxidation sites excluding steroid dienone is 2. The molecular weight excluding hydrogens is 320 g/mol. The molecule has 2 nitrogen and oxygen atoms in total. The first-order chi connectivity index (χ1) is 12.6. The van der Waals surface area contributed by atoms with Crippen LogP contribution in [0.1, 0.15) is 58.3 Å². The molecular formula is C24H32O2. The lowest BCUT2D eigenvalue weighted by molar-refractivity contribution is -0.152. The van der Waals surface area contributed by atoms with Gasteiger partial charge in [0.05, 0.1) is 5.60 Å². The van der Waals surface area contributed by atoms with E-state index in [4.69, 9.17) is 4.74 Å². The molecule has 9 atom stereocenters. The molecule has 1 heterocycles. The number of ketones is 1. The summed E-state index contributed by atoms with van der Waals surface area (Å²) in [7, 11) is 0. The lowest BCUT2D eigenvalue weighted by atomic mass is 9.46. The fraction of sp³-hybridized carbons (Fsp3) is 0.792. The predicted octanol–water partition coefficient (Wildman–Crippen LogP) is 4.95. The van der Waals surface area contributed by atoms with Crippen LogP contribution in [0, 0.1) is 46.8 Å². The molecule has 0 amide bonds. The van der Waals surface area contributed by atoms with Gasteiger partial charge < -0.3 is 4.74 Å². The summed E-state index contributed by atoms with van der Waals surface area (Å²) in [6, 6.07) is 0. The molecule has 1 spiro atoms. The van der Waals surface area contributed by atoms with Gasteiger partial charge in [-0.15, -0.1) is 6.58 Å². The Bertz CT molecular complexity index is 699. The Kier molecular flexibility index (Phi) is 3.18. The molecule has 0 aromatic rings. The fourth-order valence-corrected chi connectivity index (χ4v) is 9.01. The summed E-state index contributed by atoms with van der Waals surface area (Å²) in [6.45, 7) is 7.84. The van der Waals surface area contributed by atoms with Gasteiger partial charge in [0.25, 0.3) is 0 Å². The number of carbonyl (C=O) groups is 1. The highest BCUT2D eigenvalue weighted by Gasteiger charge is 2.77. The summed E-state index contributed by atoms with van der Waals surface area (Å²) in [5.74, 6) is 5.74. The fourth-order valence-electron chi connectivity index (χ4n) is 9.01. The lowest BCUT2D eigenvalue weighted by Gasteiger charge is -2.59. The van der Waals surface area contributed by atoms with E-state index in [2.05, 4.69) is 19.6 Å². The largest absolute Gasteiger partial charge is 0.374 e. The van der Waals surface area contributed by atoms with E-state index in [9.17, 15) is 4.79 Å². The number of fused-ring (bicyclic) bond motifs is 9. The van der Waals surface area contributed by atoms with Crippen LogP contribution in [0.25, 0.3) is 0 Å². The smallest absolute Gasteiger partial charge is 0.155 e. The van der Waals surface area contributed by atoms with Gasteiger partial charge in [-0.3, -0.25) is 4.79 Å². The summed E-state index contributed by atoms with van der Waals surface area (Å²) >= 11 is 0. The molecule has 0 aromatic carbocycles. The zero-order chi connectivity index (χ0) is 17.7. The van der Waals surface area contributed by atoms with Crippen molar-refractivity contribution >= 4 is 5.78 Å². The van der Waals surface area contributed by atoms with E-state index in [1.807, 2.05) is 6.08 Å². The average molecular weight is 353 g/mol. The zero-order valence-electron chi connectivity index (χ0n) is 16.1. The SMILES string of the molecule is C=CC1CC2=CC(=O)CCC2C2CC[C@@]3(C)C(C4CC4[C@@]34CCCO4)C12. The Morgan fingerprint density at radius 2 is 2.15 bits per heavy atom. The summed E-state index contributed by atoms with van der Waals surface area (Å²) < 4.78 is 6.62. The normalized spacial score (nSPS) is 57.0. The van der Waals surface area contributed by atoms with Crippen molar-refractivity contribution in [1.82, 2.24) is 0 Å². The Morgan fingerprint density at radius 1 is 1.27 bits per heavy atom. The Labute approximate surface area is 157 Å². The predicted molar refractivity (Wildman–Crippen MR) is 101 cm³/mol. The van der Waals surface area contributed by atoms with Crippen molar-refractivity contribution in [2.75, 3.05) is 6.61 Å². The van der Waals surface area contributed by atoms with E-state index in [1.54, 1.807) is 0 Å². The molecule has 5 aliphatic carbocycles. The van der Waals surface area contributed by atoms with Crippen molar-refractivity contribution in [3.05, 3.63) is 24.3 Å². The van der Waals surface area contributed by atoms with Crippen molar-refractivity contribution in [2.24, 2.45) is 46.8 Å². The van der Waals surface area contributed by atoms with E-state index in [0.29, 0.717) is 23.0 Å². The summed E-state index contributed by atoms with van der Waals surface area (Å²) in [6.07, 6.45) is 13.9. The maximum atomic E-state index is 12.0. The Hall–Kier alpha value is -0.890. The van der Waals surface area contributed by atoms with Crippen LogP contribution in [-0.2, 0) is 9.53 Å². The summed E-state index contributed by atoms with van der Waals surface area (Å²) in [5.41, 5.74) is 2.05. The third kappa shape index (κ3) is 1.76. The topological polar surface area (TPSA) is 26.3 Å². The number of carbonyl (C=O) groups excluding carboxylic acids is 1. The van der Waals surface area contributed by atoms with E-state index in [1.165, 1.54) is 37.7 Å². The third-order valence-electron chi connectivity index (χ3n) is 9.87. The molecule has 26 heavy (non-hydrogen) atoms. The molecule has 140 valence electrons. The van der Waals surface area contributed by atoms with Crippen LogP contribution in [0.2, 0.25) is 0 Å². The van der Waals surface area contributed by atoms with E-state index >= 15 is 0 Å². The van der Waals surface area contributed by atoms with Gasteiger partial charge in [-0.25, -0.2) is 0 Å². The third-order valence-corrected chi connectivity index (χ3v) is 9.87. The van der Waals surface area contributed by atoms with Crippen molar-refractivity contribution in [3.63, 3.8) is 0 Å². The number of ether oxygens (including phenoxy) is 1. The maximum absolute atomic E-state index is 12.0. The second kappa shape index (κ2) is 5.13. The minimum absolute atomic E-state index is 0.206. The first kappa shape index (κ1) is 16.1. The van der Waals surface area contributed by atoms with Gasteiger partial charge in [0.2, 0.25) is 0 Å². The highest BCUT2D eigenvalue weighted by molar-refractivity contribution is 5.91. The molecule has 2 heteroatoms. The highest BCUT2D eigenvalue weighted by atomic mass is 16.5. The van der Waals surface area contributed by atoms with Gasteiger partial charge in [0, 0.05) is 18.4 Å². The molecule has 5 fully saturated rings. The molecule has 7 unspecified atom stereocenters. The lowest BCUT2D eigenvalue weighted by Crippen LogP contribution is -2.56. The van der Waals surface area contributed by atoms with Gasteiger partial charge in [-0.1, -0.05) is 18.6 Å². The molecule has 0 N–H and O–H groups in total. The Morgan fingerprint density at radius 3 is 2.92 bits per heavy atom. The van der Waals surface area contributed by atoms with Crippen LogP contribution in [0.3, 0.4) is 0 Å². The molecule has 0 radical (unpaired) electrons. The standard InChI is InChI=1S/C24H32O2/c1-3-14-11-15-12-16(25)5-6-17(15)18-7-9-23(2)22(21(14)18)19-13-20(19)24(23)8-4-10-26-24/h3,12,14,17-22H,1,4-11,13H2,2H3/t14?,17?,18?,19?,20?,21?,22?,23-,24-/m0/s1. The Balaban J connectivity index is 1.42. The number of rotatable bonds is 1. The van der Waals surface area contributed by atoms with Gasteiger partial charge in [-0.2, -0.15) is 0 Å². The van der Waals surface area contributed by atoms with Crippen LogP contribution in [0.5, 0.6) is 0 Å². The first-order valence-corrected chi connectivity index (χ1v) is 11.1. The minimum atomic E-state index is 0.206. The van der Waals surface area contributed by atoms with Crippen molar-refractivity contribution in [1.29, 1.82) is 0 Å². The highest BCUT2D eigenvalue weighted by Crippen LogP contribution is 2.78. The molecule has 1 aliphatic heterocycles. The minimum Gasteiger partial charge on any atom is -0.374 e. The van der Waals surface area contributed by atoms with Crippen LogP contribution in [0.4, 0.5) is 0 Å². The van der Waals surface area contributed by atoms with Crippen molar-refractivity contribution in [2.45, 2.75) is 63.9 Å². The second-order valence-corrected chi connectivity index (χ2v) is 10.5. The molecule has 4 saturated carbocycles. The monoisotopic (exact) mass is 352 g/mol. The van der Waals surface area contributed by atoms with Crippen molar-refractivity contribution < 1.29 is 9.53 Å². The maximum Gasteiger partial charge on any atom is 0.155 e.